The van der Waals surface area contributed by atoms with Crippen molar-refractivity contribution in [2.24, 2.45) is 0 Å². The lowest BCUT2D eigenvalue weighted by atomic mass is 10.2. The van der Waals surface area contributed by atoms with Gasteiger partial charge in [-0.15, -0.1) is 11.3 Å². The average Bonchev–Trinajstić information content (AvgIpc) is 2.91. The molecule has 1 aromatic carbocycles. The number of hydrogen-bond donors (Lipinski definition) is 2. The monoisotopic (exact) mass is 305 g/mol. The molecule has 0 unspecified atom stereocenters. The fourth-order valence-corrected chi connectivity index (χ4v) is 3.37. The van der Waals surface area contributed by atoms with E-state index in [0.717, 1.165) is 53.5 Å². The summed E-state index contributed by atoms with van der Waals surface area (Å²) in [4.78, 5) is 15.2. The first-order valence-electron chi connectivity index (χ1n) is 7.10. The van der Waals surface area contributed by atoms with Crippen LogP contribution in [0.4, 0.5) is 5.69 Å². The molecule has 0 aliphatic carbocycles. The molecular formula is C15H19N3O2S. The van der Waals surface area contributed by atoms with Crippen LogP contribution in [0.3, 0.4) is 0 Å². The number of fused-ring (bicyclic) bond motifs is 1. The molecule has 0 saturated carbocycles. The van der Waals surface area contributed by atoms with Gasteiger partial charge >= 0.3 is 0 Å². The van der Waals surface area contributed by atoms with Crippen molar-refractivity contribution in [1.82, 2.24) is 10.2 Å². The zero-order valence-electron chi connectivity index (χ0n) is 11.8. The molecule has 3 N–H and O–H groups in total. The Hall–Kier alpha value is -1.63. The molecule has 0 radical (unpaired) electrons. The van der Waals surface area contributed by atoms with Crippen LogP contribution in [0.2, 0.25) is 0 Å². The van der Waals surface area contributed by atoms with Crippen LogP contribution in [0, 0.1) is 0 Å². The van der Waals surface area contributed by atoms with E-state index in [1.807, 2.05) is 24.3 Å². The minimum absolute atomic E-state index is 0.0111. The molecule has 6 heteroatoms. The number of hydrogen-bond acceptors (Lipinski definition) is 5. The van der Waals surface area contributed by atoms with E-state index in [0.29, 0.717) is 6.54 Å². The lowest BCUT2D eigenvalue weighted by molar-refractivity contribution is 0.0383. The number of nitrogens with zero attached hydrogens (tertiary/aromatic N) is 1. The van der Waals surface area contributed by atoms with E-state index in [-0.39, 0.29) is 5.91 Å². The third-order valence-corrected chi connectivity index (χ3v) is 4.70. The molecule has 112 valence electrons. The van der Waals surface area contributed by atoms with Crippen LogP contribution < -0.4 is 11.1 Å². The molecule has 1 aliphatic rings. The number of rotatable bonds is 4. The van der Waals surface area contributed by atoms with Crippen LogP contribution >= 0.6 is 11.3 Å². The number of nitrogens with two attached hydrogens (primary N) is 1. The molecule has 0 spiro atoms. The van der Waals surface area contributed by atoms with Crippen molar-refractivity contribution >= 4 is 33.0 Å². The molecule has 2 heterocycles. The minimum atomic E-state index is -0.0111. The Morgan fingerprint density at radius 3 is 2.95 bits per heavy atom. The van der Waals surface area contributed by atoms with Crippen molar-refractivity contribution in [3.63, 3.8) is 0 Å². The quantitative estimate of drug-likeness (QED) is 0.841. The molecule has 1 aliphatic heterocycles. The first kappa shape index (κ1) is 14.3. The smallest absolute Gasteiger partial charge is 0.261 e. The highest BCUT2D eigenvalue weighted by Crippen LogP contribution is 2.27. The highest BCUT2D eigenvalue weighted by atomic mass is 32.1. The maximum atomic E-state index is 12.2. The largest absolute Gasteiger partial charge is 0.399 e. The van der Waals surface area contributed by atoms with Gasteiger partial charge in [0.2, 0.25) is 0 Å². The van der Waals surface area contributed by atoms with Crippen molar-refractivity contribution < 1.29 is 9.53 Å². The fourth-order valence-electron chi connectivity index (χ4n) is 2.41. The zero-order chi connectivity index (χ0) is 14.7. The Labute approximate surface area is 127 Å². The second kappa shape index (κ2) is 6.43. The van der Waals surface area contributed by atoms with Crippen molar-refractivity contribution in [2.45, 2.75) is 0 Å². The Bertz CT molecular complexity index is 635. The van der Waals surface area contributed by atoms with Crippen molar-refractivity contribution in [3.8, 4) is 0 Å². The van der Waals surface area contributed by atoms with E-state index < -0.39 is 0 Å². The number of carbonyl (C=O) groups is 1. The van der Waals surface area contributed by atoms with Gasteiger partial charge in [-0.25, -0.2) is 0 Å². The van der Waals surface area contributed by atoms with E-state index in [4.69, 9.17) is 10.5 Å². The number of thiophene rings is 1. The van der Waals surface area contributed by atoms with Gasteiger partial charge in [-0.05, 0) is 29.7 Å². The first-order chi connectivity index (χ1) is 10.2. The lowest BCUT2D eigenvalue weighted by Crippen LogP contribution is -2.41. The molecule has 1 aromatic heterocycles. The van der Waals surface area contributed by atoms with Gasteiger partial charge in [0.1, 0.15) is 0 Å². The van der Waals surface area contributed by atoms with Crippen LogP contribution in [-0.4, -0.2) is 50.2 Å². The van der Waals surface area contributed by atoms with Crippen LogP contribution in [0.15, 0.2) is 24.3 Å². The molecule has 1 amide bonds. The maximum Gasteiger partial charge on any atom is 0.261 e. The van der Waals surface area contributed by atoms with E-state index in [1.54, 1.807) is 0 Å². The number of nitrogen functional groups attached to an aromatic ring is 1. The van der Waals surface area contributed by atoms with E-state index in [2.05, 4.69) is 10.2 Å². The van der Waals surface area contributed by atoms with Gasteiger partial charge in [0.05, 0.1) is 18.1 Å². The van der Waals surface area contributed by atoms with E-state index in [9.17, 15) is 4.79 Å². The SMILES string of the molecule is Nc1ccc2sc(C(=O)NCCN3CCOCC3)cc2c1. The Balaban J connectivity index is 1.56. The van der Waals surface area contributed by atoms with Gasteiger partial charge in [0.15, 0.2) is 0 Å². The number of anilines is 1. The second-order valence-corrected chi connectivity index (χ2v) is 6.20. The number of nitrogens with one attached hydrogen (secondary N) is 1. The Morgan fingerprint density at radius 2 is 2.14 bits per heavy atom. The summed E-state index contributed by atoms with van der Waals surface area (Å²) >= 11 is 1.50. The molecule has 3 rings (SSSR count). The normalized spacial score (nSPS) is 16.2. The molecule has 2 aromatic rings. The lowest BCUT2D eigenvalue weighted by Gasteiger charge is -2.26. The average molecular weight is 305 g/mol. The van der Waals surface area contributed by atoms with Crippen LogP contribution in [-0.2, 0) is 4.74 Å². The third-order valence-electron chi connectivity index (χ3n) is 3.58. The Morgan fingerprint density at radius 1 is 1.33 bits per heavy atom. The predicted octanol–water partition coefficient (Wildman–Crippen LogP) is 1.55. The number of benzene rings is 1. The van der Waals surface area contributed by atoms with Gasteiger partial charge in [-0.2, -0.15) is 0 Å². The minimum Gasteiger partial charge on any atom is -0.399 e. The number of ether oxygens (including phenoxy) is 1. The second-order valence-electron chi connectivity index (χ2n) is 5.12. The molecule has 0 bridgehead atoms. The summed E-state index contributed by atoms with van der Waals surface area (Å²) in [6.07, 6.45) is 0. The van der Waals surface area contributed by atoms with Gasteiger partial charge in [0.25, 0.3) is 5.91 Å². The summed E-state index contributed by atoms with van der Waals surface area (Å²) < 4.78 is 6.39. The van der Waals surface area contributed by atoms with Gasteiger partial charge in [-0.1, -0.05) is 0 Å². The summed E-state index contributed by atoms with van der Waals surface area (Å²) in [5.74, 6) is -0.0111. The summed E-state index contributed by atoms with van der Waals surface area (Å²) in [7, 11) is 0. The van der Waals surface area contributed by atoms with Crippen molar-refractivity contribution in [1.29, 1.82) is 0 Å². The van der Waals surface area contributed by atoms with Crippen molar-refractivity contribution in [3.05, 3.63) is 29.1 Å². The third kappa shape index (κ3) is 3.53. The molecule has 21 heavy (non-hydrogen) atoms. The van der Waals surface area contributed by atoms with E-state index >= 15 is 0 Å². The highest BCUT2D eigenvalue weighted by Gasteiger charge is 2.12. The summed E-state index contributed by atoms with van der Waals surface area (Å²) in [6.45, 7) is 4.98. The van der Waals surface area contributed by atoms with Crippen LogP contribution in [0.1, 0.15) is 9.67 Å². The zero-order valence-corrected chi connectivity index (χ0v) is 12.6. The van der Waals surface area contributed by atoms with E-state index in [1.165, 1.54) is 11.3 Å². The van der Waals surface area contributed by atoms with Crippen molar-refractivity contribution in [2.75, 3.05) is 45.1 Å². The first-order valence-corrected chi connectivity index (χ1v) is 7.91. The number of carbonyl (C=O) groups excluding carboxylic acids is 1. The number of amides is 1. The van der Waals surface area contributed by atoms with Gasteiger partial charge < -0.3 is 15.8 Å². The van der Waals surface area contributed by atoms with Gasteiger partial charge in [0, 0.05) is 36.6 Å². The predicted molar refractivity (Wildman–Crippen MR) is 85.8 cm³/mol. The summed E-state index contributed by atoms with van der Waals surface area (Å²) in [5.41, 5.74) is 6.48. The standard InChI is InChI=1S/C15H19N3O2S/c16-12-1-2-13-11(9-12)10-14(21-13)15(19)17-3-4-18-5-7-20-8-6-18/h1-2,9-10H,3-8,16H2,(H,17,19). The summed E-state index contributed by atoms with van der Waals surface area (Å²) in [5, 5.41) is 4.01. The Kier molecular flexibility index (Phi) is 4.38. The molecule has 0 atom stereocenters. The van der Waals surface area contributed by atoms with Crippen LogP contribution in [0.5, 0.6) is 0 Å². The molecular weight excluding hydrogens is 286 g/mol. The highest BCUT2D eigenvalue weighted by molar-refractivity contribution is 7.20. The van der Waals surface area contributed by atoms with Gasteiger partial charge in [-0.3, -0.25) is 9.69 Å². The summed E-state index contributed by atoms with van der Waals surface area (Å²) in [6, 6.07) is 7.62. The van der Waals surface area contributed by atoms with Crippen LogP contribution in [0.25, 0.3) is 10.1 Å². The number of morpholine rings is 1. The molecule has 1 saturated heterocycles. The molecule has 5 nitrogen and oxygen atoms in total. The maximum absolute atomic E-state index is 12.2. The topological polar surface area (TPSA) is 67.6 Å². The molecule has 1 fully saturated rings. The fraction of sp³-hybridized carbons (Fsp3) is 0.400.